The minimum atomic E-state index is -0.360. The van der Waals surface area contributed by atoms with Crippen LogP contribution in [-0.4, -0.2) is 18.4 Å². The molecule has 3 rings (SSSR count). The molecule has 0 fully saturated rings. The second-order valence-corrected chi connectivity index (χ2v) is 6.59. The van der Waals surface area contributed by atoms with E-state index in [9.17, 15) is 9.59 Å². The Morgan fingerprint density at radius 1 is 1.04 bits per heavy atom. The molecule has 6 nitrogen and oxygen atoms in total. The average molecular weight is 419 g/mol. The van der Waals surface area contributed by atoms with Gasteiger partial charge in [0.25, 0.3) is 11.8 Å². The second-order valence-electron chi connectivity index (χ2n) is 5.75. The Morgan fingerprint density at radius 2 is 1.82 bits per heavy atom. The Labute approximate surface area is 171 Å². The van der Waals surface area contributed by atoms with Crippen LogP contribution in [0, 0.1) is 0 Å². The highest BCUT2D eigenvalue weighted by molar-refractivity contribution is 6.35. The first-order valence-corrected chi connectivity index (χ1v) is 9.05. The van der Waals surface area contributed by atoms with Crippen LogP contribution in [0.3, 0.4) is 0 Å². The number of furan rings is 1. The molecule has 0 aliphatic carbocycles. The topological polar surface area (TPSA) is 80.6 Å². The van der Waals surface area contributed by atoms with Gasteiger partial charge in [0.05, 0.1) is 17.8 Å². The lowest BCUT2D eigenvalue weighted by atomic mass is 10.2. The minimum absolute atomic E-state index is 0.216. The lowest BCUT2D eigenvalue weighted by molar-refractivity contribution is -0.118. The van der Waals surface area contributed by atoms with Crippen molar-refractivity contribution in [2.75, 3.05) is 11.9 Å². The maximum absolute atomic E-state index is 12.1. The van der Waals surface area contributed by atoms with Crippen molar-refractivity contribution in [1.82, 2.24) is 5.32 Å². The van der Waals surface area contributed by atoms with E-state index >= 15 is 0 Å². The van der Waals surface area contributed by atoms with E-state index < -0.39 is 0 Å². The minimum Gasteiger partial charge on any atom is -0.482 e. The molecular formula is C20H16Cl2N2O4. The fraction of sp³-hybridized carbons (Fsp3) is 0.100. The van der Waals surface area contributed by atoms with Crippen LogP contribution in [-0.2, 0) is 11.3 Å². The SMILES string of the molecule is O=C(COc1ccc(Cl)cc1Cl)Nc1ccc(C(=O)NCc2ccco2)cc1. The van der Waals surface area contributed by atoms with Gasteiger partial charge < -0.3 is 19.8 Å². The van der Waals surface area contributed by atoms with E-state index in [4.69, 9.17) is 32.4 Å². The van der Waals surface area contributed by atoms with Crippen molar-refractivity contribution in [1.29, 1.82) is 0 Å². The molecule has 0 saturated heterocycles. The van der Waals surface area contributed by atoms with Crippen LogP contribution in [0.15, 0.2) is 65.3 Å². The lowest BCUT2D eigenvalue weighted by Crippen LogP contribution is -2.23. The molecule has 0 radical (unpaired) electrons. The van der Waals surface area contributed by atoms with Gasteiger partial charge in [-0.1, -0.05) is 23.2 Å². The summed E-state index contributed by atoms with van der Waals surface area (Å²) in [5.74, 6) is 0.429. The molecule has 0 spiro atoms. The molecule has 28 heavy (non-hydrogen) atoms. The van der Waals surface area contributed by atoms with E-state index in [0.717, 1.165) is 0 Å². The summed E-state index contributed by atoms with van der Waals surface area (Å²) < 4.78 is 10.5. The van der Waals surface area contributed by atoms with Gasteiger partial charge in [-0.2, -0.15) is 0 Å². The first kappa shape index (κ1) is 19.8. The Hall–Kier alpha value is -2.96. The second kappa shape index (κ2) is 9.30. The molecular weight excluding hydrogens is 403 g/mol. The maximum atomic E-state index is 12.1. The third-order valence-electron chi connectivity index (χ3n) is 3.69. The summed E-state index contributed by atoms with van der Waals surface area (Å²) >= 11 is 11.8. The van der Waals surface area contributed by atoms with Crippen molar-refractivity contribution < 1.29 is 18.7 Å². The molecule has 144 valence electrons. The number of rotatable bonds is 7. The molecule has 1 aromatic heterocycles. The predicted octanol–water partition coefficient (Wildman–Crippen LogP) is 4.53. The first-order chi connectivity index (χ1) is 13.5. The summed E-state index contributed by atoms with van der Waals surface area (Å²) in [7, 11) is 0. The average Bonchev–Trinajstić information content (AvgIpc) is 3.19. The van der Waals surface area contributed by atoms with Crippen molar-refractivity contribution in [2.24, 2.45) is 0 Å². The van der Waals surface area contributed by atoms with E-state index in [1.165, 1.54) is 6.07 Å². The van der Waals surface area contributed by atoms with Gasteiger partial charge in [0.15, 0.2) is 6.61 Å². The molecule has 0 aliphatic heterocycles. The van der Waals surface area contributed by atoms with Gasteiger partial charge >= 0.3 is 0 Å². The van der Waals surface area contributed by atoms with Gasteiger partial charge in [0.1, 0.15) is 11.5 Å². The number of ether oxygens (including phenoxy) is 1. The number of hydrogen-bond donors (Lipinski definition) is 2. The number of halogens is 2. The fourth-order valence-electron chi connectivity index (χ4n) is 2.32. The number of nitrogens with one attached hydrogen (secondary N) is 2. The van der Waals surface area contributed by atoms with Gasteiger partial charge in [0.2, 0.25) is 0 Å². The van der Waals surface area contributed by atoms with Crippen LogP contribution in [0.25, 0.3) is 0 Å². The Bertz CT molecular complexity index is 957. The third-order valence-corrected chi connectivity index (χ3v) is 4.22. The summed E-state index contributed by atoms with van der Waals surface area (Å²) in [6.45, 7) is 0.0850. The van der Waals surface area contributed by atoms with Gasteiger partial charge in [-0.05, 0) is 54.6 Å². The van der Waals surface area contributed by atoms with E-state index in [2.05, 4.69) is 10.6 Å². The summed E-state index contributed by atoms with van der Waals surface area (Å²) in [4.78, 5) is 24.1. The number of amides is 2. The maximum Gasteiger partial charge on any atom is 0.262 e. The van der Waals surface area contributed by atoms with Crippen molar-refractivity contribution in [3.63, 3.8) is 0 Å². The molecule has 0 aliphatic rings. The summed E-state index contributed by atoms with van der Waals surface area (Å²) in [5, 5.41) is 6.24. The van der Waals surface area contributed by atoms with E-state index in [1.807, 2.05) is 0 Å². The quantitative estimate of drug-likeness (QED) is 0.590. The number of anilines is 1. The first-order valence-electron chi connectivity index (χ1n) is 8.29. The van der Waals surface area contributed by atoms with Crippen LogP contribution in [0.5, 0.6) is 5.75 Å². The Morgan fingerprint density at radius 3 is 2.50 bits per heavy atom. The molecule has 0 saturated carbocycles. The molecule has 1 heterocycles. The van der Waals surface area contributed by atoms with Crippen molar-refractivity contribution in [3.8, 4) is 5.75 Å². The van der Waals surface area contributed by atoms with Gasteiger partial charge in [-0.15, -0.1) is 0 Å². The molecule has 2 N–H and O–H groups in total. The molecule has 0 atom stereocenters. The molecule has 3 aromatic rings. The summed E-state index contributed by atoms with van der Waals surface area (Å²) in [6.07, 6.45) is 1.55. The number of benzene rings is 2. The Balaban J connectivity index is 1.49. The van der Waals surface area contributed by atoms with Crippen molar-refractivity contribution >= 4 is 40.7 Å². The predicted molar refractivity (Wildman–Crippen MR) is 107 cm³/mol. The van der Waals surface area contributed by atoms with Crippen molar-refractivity contribution in [2.45, 2.75) is 6.54 Å². The molecule has 2 amide bonds. The summed E-state index contributed by atoms with van der Waals surface area (Å²) in [6, 6.07) is 14.8. The smallest absolute Gasteiger partial charge is 0.262 e. The van der Waals surface area contributed by atoms with Crippen molar-refractivity contribution in [3.05, 3.63) is 82.2 Å². The Kier molecular flexibility index (Phi) is 6.57. The lowest BCUT2D eigenvalue weighted by Gasteiger charge is -2.09. The number of carbonyl (C=O) groups is 2. The highest BCUT2D eigenvalue weighted by Gasteiger charge is 2.09. The number of carbonyl (C=O) groups excluding carboxylic acids is 2. The van der Waals surface area contributed by atoms with E-state index in [0.29, 0.717) is 39.4 Å². The fourth-order valence-corrected chi connectivity index (χ4v) is 2.78. The zero-order chi connectivity index (χ0) is 19.9. The highest BCUT2D eigenvalue weighted by Crippen LogP contribution is 2.27. The van der Waals surface area contributed by atoms with Crippen LogP contribution < -0.4 is 15.4 Å². The monoisotopic (exact) mass is 418 g/mol. The third kappa shape index (κ3) is 5.52. The standard InChI is InChI=1S/C20H16Cl2N2O4/c21-14-5-8-18(17(22)10-14)28-12-19(25)24-15-6-3-13(4-7-15)20(26)23-11-16-2-1-9-27-16/h1-10H,11-12H2,(H,23,26)(H,24,25). The molecule has 2 aromatic carbocycles. The van der Waals surface area contributed by atoms with E-state index in [-0.39, 0.29) is 18.4 Å². The molecule has 0 bridgehead atoms. The van der Waals surface area contributed by atoms with Crippen LogP contribution in [0.1, 0.15) is 16.1 Å². The van der Waals surface area contributed by atoms with Gasteiger partial charge in [0, 0.05) is 16.3 Å². The normalized spacial score (nSPS) is 10.4. The largest absolute Gasteiger partial charge is 0.482 e. The zero-order valence-electron chi connectivity index (χ0n) is 14.6. The van der Waals surface area contributed by atoms with Gasteiger partial charge in [-0.25, -0.2) is 0 Å². The highest BCUT2D eigenvalue weighted by atomic mass is 35.5. The van der Waals surface area contributed by atoms with Crippen LogP contribution in [0.4, 0.5) is 5.69 Å². The number of hydrogen-bond acceptors (Lipinski definition) is 4. The molecule has 0 unspecified atom stereocenters. The van der Waals surface area contributed by atoms with E-state index in [1.54, 1.807) is 54.8 Å². The van der Waals surface area contributed by atoms with Crippen LogP contribution >= 0.6 is 23.2 Å². The van der Waals surface area contributed by atoms with Gasteiger partial charge in [-0.3, -0.25) is 9.59 Å². The zero-order valence-corrected chi connectivity index (χ0v) is 16.1. The van der Waals surface area contributed by atoms with Crippen LogP contribution in [0.2, 0.25) is 10.0 Å². The summed E-state index contributed by atoms with van der Waals surface area (Å²) in [5.41, 5.74) is 1.01. The molecule has 8 heteroatoms.